The molecule has 0 bridgehead atoms. The largest absolute Gasteiger partial charge is 0.465 e. The van der Waals surface area contributed by atoms with Crippen LogP contribution >= 0.6 is 0 Å². The summed E-state index contributed by atoms with van der Waals surface area (Å²) in [5.74, 6) is 1.35. The van der Waals surface area contributed by atoms with Crippen molar-refractivity contribution in [3.63, 3.8) is 0 Å². The van der Waals surface area contributed by atoms with Crippen molar-refractivity contribution in [2.24, 2.45) is 5.41 Å². The van der Waals surface area contributed by atoms with Gasteiger partial charge in [-0.3, -0.25) is 0 Å². The summed E-state index contributed by atoms with van der Waals surface area (Å²) in [5.41, 5.74) is 5.54. The van der Waals surface area contributed by atoms with Crippen LogP contribution < -0.4 is 0 Å². The maximum Gasteiger partial charge on any atom is 0.339 e. The monoisotopic (exact) mass is 379 g/mol. The van der Waals surface area contributed by atoms with Crippen LogP contribution in [0.25, 0.3) is 5.57 Å². The Hall–Kier alpha value is -2.75. The van der Waals surface area contributed by atoms with Gasteiger partial charge in [-0.15, -0.1) is 0 Å². The van der Waals surface area contributed by atoms with Crippen molar-refractivity contribution in [2.75, 3.05) is 6.61 Å². The van der Waals surface area contributed by atoms with Gasteiger partial charge in [0.05, 0.1) is 17.9 Å². The highest BCUT2D eigenvalue weighted by molar-refractivity contribution is 5.94. The van der Waals surface area contributed by atoms with E-state index in [1.165, 1.54) is 5.56 Å². The smallest absolute Gasteiger partial charge is 0.339 e. The van der Waals surface area contributed by atoms with Gasteiger partial charge in [0.15, 0.2) is 0 Å². The van der Waals surface area contributed by atoms with Gasteiger partial charge < -0.3 is 14.5 Å². The molecular formula is C24H29NO3. The molecule has 1 aromatic heterocycles. The van der Waals surface area contributed by atoms with E-state index in [1.54, 1.807) is 6.20 Å². The summed E-state index contributed by atoms with van der Waals surface area (Å²) in [5, 5.41) is 0. The summed E-state index contributed by atoms with van der Waals surface area (Å²) in [4.78, 5) is 15.7. The Bertz CT molecular complexity index is 929. The number of H-pyrrole nitrogens is 1. The van der Waals surface area contributed by atoms with Crippen molar-refractivity contribution in [1.82, 2.24) is 4.98 Å². The van der Waals surface area contributed by atoms with E-state index in [0.717, 1.165) is 40.3 Å². The van der Waals surface area contributed by atoms with Crippen molar-refractivity contribution >= 4 is 11.5 Å². The lowest BCUT2D eigenvalue weighted by Crippen LogP contribution is -2.07. The van der Waals surface area contributed by atoms with Gasteiger partial charge in [0.2, 0.25) is 0 Å². The maximum absolute atomic E-state index is 12.4. The number of aromatic amines is 1. The van der Waals surface area contributed by atoms with Gasteiger partial charge in [0.25, 0.3) is 0 Å². The highest BCUT2D eigenvalue weighted by Gasteiger charge is 2.36. The van der Waals surface area contributed by atoms with Gasteiger partial charge in [-0.2, -0.15) is 0 Å². The number of benzene rings is 1. The van der Waals surface area contributed by atoms with Crippen molar-refractivity contribution in [3.8, 4) is 0 Å². The number of carbonyl (C=O) groups excluding carboxylic acids is 1. The quantitative estimate of drug-likeness (QED) is 0.670. The van der Waals surface area contributed by atoms with Crippen molar-refractivity contribution in [3.05, 3.63) is 76.5 Å². The third-order valence-electron chi connectivity index (χ3n) is 5.31. The van der Waals surface area contributed by atoms with Crippen LogP contribution in [0.2, 0.25) is 0 Å². The number of carbonyl (C=O) groups is 1. The molecule has 1 aliphatic rings. The second kappa shape index (κ2) is 7.70. The van der Waals surface area contributed by atoms with Crippen LogP contribution in [-0.2, 0) is 15.9 Å². The molecule has 0 aliphatic carbocycles. The number of rotatable bonds is 5. The third-order valence-corrected chi connectivity index (χ3v) is 5.31. The van der Waals surface area contributed by atoms with E-state index in [-0.39, 0.29) is 11.4 Å². The fraction of sp³-hybridized carbons (Fsp3) is 0.375. The molecule has 28 heavy (non-hydrogen) atoms. The number of hydrogen-bond acceptors (Lipinski definition) is 3. The molecule has 1 aliphatic heterocycles. The van der Waals surface area contributed by atoms with Crippen LogP contribution in [0.5, 0.6) is 0 Å². The molecule has 1 N–H and O–H groups in total. The maximum atomic E-state index is 12.4. The molecule has 2 aromatic rings. The van der Waals surface area contributed by atoms with Crippen molar-refractivity contribution in [1.29, 1.82) is 0 Å². The molecule has 0 saturated carbocycles. The lowest BCUT2D eigenvalue weighted by Gasteiger charge is -2.14. The molecule has 1 saturated heterocycles. The van der Waals surface area contributed by atoms with Crippen LogP contribution in [0.15, 0.2) is 48.6 Å². The number of allylic oxidation sites excluding steroid dienone is 2. The number of aryl methyl sites for hydroxylation is 1. The first kappa shape index (κ1) is 20.0. The van der Waals surface area contributed by atoms with E-state index in [2.05, 4.69) is 56.6 Å². The molecular weight excluding hydrogens is 350 g/mol. The number of nitrogens with one attached hydrogen (secondary N) is 1. The van der Waals surface area contributed by atoms with Gasteiger partial charge >= 0.3 is 5.97 Å². The molecule has 2 heterocycles. The second-order valence-corrected chi connectivity index (χ2v) is 7.88. The summed E-state index contributed by atoms with van der Waals surface area (Å²) in [6.07, 6.45) is 3.21. The van der Waals surface area contributed by atoms with Crippen LogP contribution in [0, 0.1) is 12.3 Å². The molecule has 4 heteroatoms. The SMILES string of the molecule is C=C1O/C(=C(\c2ccc(C)cc2)c2[nH]cc(C(=O)OCC)c2CC)CC1(C)C. The van der Waals surface area contributed by atoms with E-state index < -0.39 is 0 Å². The molecule has 0 radical (unpaired) electrons. The van der Waals surface area contributed by atoms with E-state index in [0.29, 0.717) is 18.6 Å². The Balaban J connectivity index is 2.20. The summed E-state index contributed by atoms with van der Waals surface area (Å²) < 4.78 is 11.4. The average Bonchev–Trinajstić information content (AvgIpc) is 3.18. The van der Waals surface area contributed by atoms with Gasteiger partial charge in [0.1, 0.15) is 11.5 Å². The van der Waals surface area contributed by atoms with Crippen LogP contribution in [0.3, 0.4) is 0 Å². The van der Waals surface area contributed by atoms with E-state index in [4.69, 9.17) is 9.47 Å². The molecule has 0 amide bonds. The third kappa shape index (κ3) is 3.64. The Morgan fingerprint density at radius 2 is 1.93 bits per heavy atom. The van der Waals surface area contributed by atoms with Crippen molar-refractivity contribution < 1.29 is 14.3 Å². The van der Waals surface area contributed by atoms with E-state index in [1.807, 2.05) is 13.8 Å². The Morgan fingerprint density at radius 1 is 1.25 bits per heavy atom. The lowest BCUT2D eigenvalue weighted by atomic mass is 9.86. The second-order valence-electron chi connectivity index (χ2n) is 7.88. The van der Waals surface area contributed by atoms with Gasteiger partial charge in [-0.05, 0) is 31.4 Å². The predicted molar refractivity (Wildman–Crippen MR) is 112 cm³/mol. The van der Waals surface area contributed by atoms with Crippen molar-refractivity contribution in [2.45, 2.75) is 47.5 Å². The topological polar surface area (TPSA) is 51.3 Å². The Kier molecular flexibility index (Phi) is 5.50. The van der Waals surface area contributed by atoms with Gasteiger partial charge in [0, 0.05) is 23.6 Å². The normalized spacial score (nSPS) is 17.4. The summed E-state index contributed by atoms with van der Waals surface area (Å²) >= 11 is 0. The fourth-order valence-electron chi connectivity index (χ4n) is 3.56. The van der Waals surface area contributed by atoms with Gasteiger partial charge in [-0.1, -0.05) is 57.2 Å². The minimum Gasteiger partial charge on any atom is -0.465 e. The fourth-order valence-corrected chi connectivity index (χ4v) is 3.56. The number of ether oxygens (including phenoxy) is 2. The summed E-state index contributed by atoms with van der Waals surface area (Å²) in [7, 11) is 0. The molecule has 0 unspecified atom stereocenters. The summed E-state index contributed by atoms with van der Waals surface area (Å²) in [6.45, 7) is 14.7. The number of hydrogen-bond donors (Lipinski definition) is 1. The highest BCUT2D eigenvalue weighted by Crippen LogP contribution is 2.46. The first-order valence-corrected chi connectivity index (χ1v) is 9.83. The molecule has 148 valence electrons. The highest BCUT2D eigenvalue weighted by atomic mass is 16.5. The van der Waals surface area contributed by atoms with E-state index in [9.17, 15) is 4.79 Å². The van der Waals surface area contributed by atoms with Gasteiger partial charge in [-0.25, -0.2) is 4.79 Å². The molecule has 4 nitrogen and oxygen atoms in total. The average molecular weight is 380 g/mol. The Morgan fingerprint density at radius 3 is 2.46 bits per heavy atom. The molecule has 0 atom stereocenters. The number of aromatic nitrogens is 1. The standard InChI is InChI=1S/C24H29NO3/c1-7-18-19(23(26)27-8-2)14-25-22(18)21(17-11-9-15(3)10-12-17)20-13-24(5,6)16(4)28-20/h9-12,14,25H,4,7-8,13H2,1-3,5-6H3/b21-20+. The minimum atomic E-state index is -0.299. The molecule has 1 aromatic carbocycles. The van der Waals surface area contributed by atoms with E-state index >= 15 is 0 Å². The molecule has 0 spiro atoms. The summed E-state index contributed by atoms with van der Waals surface area (Å²) in [6, 6.07) is 8.37. The molecule has 3 rings (SSSR count). The number of esters is 1. The lowest BCUT2D eigenvalue weighted by molar-refractivity contribution is 0.0525. The first-order valence-electron chi connectivity index (χ1n) is 9.83. The zero-order valence-corrected chi connectivity index (χ0v) is 17.4. The zero-order valence-electron chi connectivity index (χ0n) is 17.4. The van der Waals surface area contributed by atoms with Crippen LogP contribution in [0.4, 0.5) is 0 Å². The minimum absolute atomic E-state index is 0.131. The first-order chi connectivity index (χ1) is 13.3. The van der Waals surface area contributed by atoms with Crippen LogP contribution in [0.1, 0.15) is 66.9 Å². The zero-order chi connectivity index (χ0) is 20.5. The molecule has 1 fully saturated rings. The Labute approximate surface area is 167 Å². The predicted octanol–water partition coefficient (Wildman–Crippen LogP) is 5.78. The van der Waals surface area contributed by atoms with Crippen LogP contribution in [-0.4, -0.2) is 17.6 Å².